The summed E-state index contributed by atoms with van der Waals surface area (Å²) in [6, 6.07) is 2.12. The van der Waals surface area contributed by atoms with Crippen LogP contribution in [0, 0.1) is 0 Å². The molecule has 1 rings (SSSR count). The summed E-state index contributed by atoms with van der Waals surface area (Å²) in [5.74, 6) is 0. The Bertz CT molecular complexity index is 278. The van der Waals surface area contributed by atoms with Gasteiger partial charge in [-0.1, -0.05) is 0 Å². The molecule has 4 nitrogen and oxygen atoms in total. The average molecular weight is 195 g/mol. The minimum atomic E-state index is 0.263. The number of hydrogen-bond acceptors (Lipinski definition) is 4. The lowest BCUT2D eigenvalue weighted by molar-refractivity contribution is 0.141. The molecule has 0 aliphatic rings. The highest BCUT2D eigenvalue weighted by Crippen LogP contribution is 2.10. The normalized spacial score (nSPS) is 12.4. The smallest absolute Gasteiger partial charge is 0.0664 e. The van der Waals surface area contributed by atoms with E-state index in [2.05, 4.69) is 17.2 Å². The van der Waals surface area contributed by atoms with Crippen molar-refractivity contribution in [1.29, 1.82) is 0 Å². The lowest BCUT2D eigenvalue weighted by Gasteiger charge is -2.14. The van der Waals surface area contributed by atoms with Crippen molar-refractivity contribution in [2.24, 2.45) is 0 Å². The van der Waals surface area contributed by atoms with Gasteiger partial charge in [0.25, 0.3) is 0 Å². The van der Waals surface area contributed by atoms with Crippen LogP contribution in [0.2, 0.25) is 0 Å². The van der Waals surface area contributed by atoms with Crippen molar-refractivity contribution in [2.75, 3.05) is 24.3 Å². The standard InChI is InChI=1S/C10H17N3O/c1-3-14-7-8(2)13-10-4-9(11)5-12-6-10/h4-6,8,13H,3,7,11H2,1-2H3. The van der Waals surface area contributed by atoms with E-state index in [4.69, 9.17) is 10.5 Å². The van der Waals surface area contributed by atoms with Gasteiger partial charge < -0.3 is 15.8 Å². The van der Waals surface area contributed by atoms with Gasteiger partial charge in [-0.15, -0.1) is 0 Å². The van der Waals surface area contributed by atoms with Gasteiger partial charge >= 0.3 is 0 Å². The molecule has 14 heavy (non-hydrogen) atoms. The van der Waals surface area contributed by atoms with Crippen LogP contribution in [0.25, 0.3) is 0 Å². The van der Waals surface area contributed by atoms with E-state index in [0.717, 1.165) is 12.3 Å². The van der Waals surface area contributed by atoms with Gasteiger partial charge in [-0.3, -0.25) is 4.98 Å². The van der Waals surface area contributed by atoms with Gasteiger partial charge in [0.2, 0.25) is 0 Å². The molecule has 0 spiro atoms. The molecule has 1 aromatic heterocycles. The predicted molar refractivity (Wildman–Crippen MR) is 58.2 cm³/mol. The SMILES string of the molecule is CCOCC(C)Nc1cncc(N)c1. The number of anilines is 2. The summed E-state index contributed by atoms with van der Waals surface area (Å²) in [5, 5.41) is 3.25. The van der Waals surface area contributed by atoms with Gasteiger partial charge in [0.05, 0.1) is 24.2 Å². The number of hydrogen-bond donors (Lipinski definition) is 2. The third-order valence-electron chi connectivity index (χ3n) is 1.74. The number of nitrogens with zero attached hydrogens (tertiary/aromatic N) is 1. The van der Waals surface area contributed by atoms with Crippen LogP contribution in [0.1, 0.15) is 13.8 Å². The van der Waals surface area contributed by atoms with E-state index in [1.165, 1.54) is 0 Å². The van der Waals surface area contributed by atoms with Gasteiger partial charge in [-0.25, -0.2) is 0 Å². The van der Waals surface area contributed by atoms with Gasteiger partial charge in [-0.2, -0.15) is 0 Å². The highest BCUT2D eigenvalue weighted by Gasteiger charge is 2.01. The molecule has 0 saturated heterocycles. The minimum absolute atomic E-state index is 0.263. The Kier molecular flexibility index (Phi) is 4.19. The van der Waals surface area contributed by atoms with Crippen LogP contribution < -0.4 is 11.1 Å². The van der Waals surface area contributed by atoms with E-state index in [0.29, 0.717) is 12.3 Å². The van der Waals surface area contributed by atoms with Crippen molar-refractivity contribution in [3.8, 4) is 0 Å². The van der Waals surface area contributed by atoms with Crippen LogP contribution in [0.5, 0.6) is 0 Å². The number of rotatable bonds is 5. The van der Waals surface area contributed by atoms with E-state index < -0.39 is 0 Å². The Morgan fingerprint density at radius 1 is 1.57 bits per heavy atom. The largest absolute Gasteiger partial charge is 0.397 e. The number of ether oxygens (including phenoxy) is 1. The Balaban J connectivity index is 2.43. The third kappa shape index (κ3) is 3.62. The highest BCUT2D eigenvalue weighted by molar-refractivity contribution is 5.51. The fourth-order valence-electron chi connectivity index (χ4n) is 1.16. The first kappa shape index (κ1) is 10.8. The number of aromatic nitrogens is 1. The Labute approximate surface area is 84.5 Å². The monoisotopic (exact) mass is 195 g/mol. The molecule has 0 bridgehead atoms. The van der Waals surface area contributed by atoms with E-state index in [9.17, 15) is 0 Å². The number of nitrogens with two attached hydrogens (primary N) is 1. The maximum absolute atomic E-state index is 5.60. The Hall–Kier alpha value is -1.29. The van der Waals surface area contributed by atoms with E-state index in [1.807, 2.05) is 13.0 Å². The fourth-order valence-corrected chi connectivity index (χ4v) is 1.16. The molecule has 0 radical (unpaired) electrons. The van der Waals surface area contributed by atoms with Crippen molar-refractivity contribution in [1.82, 2.24) is 4.98 Å². The molecule has 0 amide bonds. The summed E-state index contributed by atoms with van der Waals surface area (Å²) in [4.78, 5) is 3.99. The van der Waals surface area contributed by atoms with Crippen LogP contribution in [0.3, 0.4) is 0 Å². The second-order valence-corrected chi connectivity index (χ2v) is 3.21. The molecular formula is C10H17N3O. The molecule has 0 fully saturated rings. The quantitative estimate of drug-likeness (QED) is 0.747. The van der Waals surface area contributed by atoms with Crippen LogP contribution in [0.4, 0.5) is 11.4 Å². The Morgan fingerprint density at radius 2 is 2.36 bits per heavy atom. The molecular weight excluding hydrogens is 178 g/mol. The highest BCUT2D eigenvalue weighted by atomic mass is 16.5. The zero-order chi connectivity index (χ0) is 10.4. The van der Waals surface area contributed by atoms with E-state index in [1.54, 1.807) is 12.4 Å². The third-order valence-corrected chi connectivity index (χ3v) is 1.74. The summed E-state index contributed by atoms with van der Waals surface area (Å²) in [7, 11) is 0. The van der Waals surface area contributed by atoms with Crippen LogP contribution >= 0.6 is 0 Å². The fraction of sp³-hybridized carbons (Fsp3) is 0.500. The molecule has 78 valence electrons. The molecule has 0 aromatic carbocycles. The molecule has 0 saturated carbocycles. The summed E-state index contributed by atoms with van der Waals surface area (Å²) >= 11 is 0. The second-order valence-electron chi connectivity index (χ2n) is 3.21. The molecule has 1 aromatic rings. The van der Waals surface area contributed by atoms with Gasteiger partial charge in [0.15, 0.2) is 0 Å². The zero-order valence-electron chi connectivity index (χ0n) is 8.66. The van der Waals surface area contributed by atoms with E-state index >= 15 is 0 Å². The molecule has 1 unspecified atom stereocenters. The van der Waals surface area contributed by atoms with Gasteiger partial charge in [-0.05, 0) is 19.9 Å². The first-order valence-electron chi connectivity index (χ1n) is 4.77. The molecule has 1 heterocycles. The Morgan fingerprint density at radius 3 is 3.00 bits per heavy atom. The van der Waals surface area contributed by atoms with Crippen LogP contribution in [0.15, 0.2) is 18.5 Å². The average Bonchev–Trinajstić information content (AvgIpc) is 2.15. The maximum Gasteiger partial charge on any atom is 0.0664 e. The lowest BCUT2D eigenvalue weighted by atomic mass is 10.3. The minimum Gasteiger partial charge on any atom is -0.397 e. The topological polar surface area (TPSA) is 60.2 Å². The summed E-state index contributed by atoms with van der Waals surface area (Å²) < 4.78 is 5.28. The summed E-state index contributed by atoms with van der Waals surface area (Å²) in [6.45, 7) is 5.46. The first-order valence-corrected chi connectivity index (χ1v) is 4.77. The number of nitrogen functional groups attached to an aromatic ring is 1. The molecule has 4 heteroatoms. The molecule has 3 N–H and O–H groups in total. The van der Waals surface area contributed by atoms with Crippen molar-refractivity contribution in [2.45, 2.75) is 19.9 Å². The predicted octanol–water partition coefficient (Wildman–Crippen LogP) is 1.50. The first-order chi connectivity index (χ1) is 6.72. The number of nitrogens with one attached hydrogen (secondary N) is 1. The molecule has 1 atom stereocenters. The van der Waals surface area contributed by atoms with Crippen LogP contribution in [-0.2, 0) is 4.74 Å². The van der Waals surface area contributed by atoms with Crippen molar-refractivity contribution < 1.29 is 4.74 Å². The summed E-state index contributed by atoms with van der Waals surface area (Å²) in [5.41, 5.74) is 7.19. The van der Waals surface area contributed by atoms with Gasteiger partial charge in [0, 0.05) is 18.8 Å². The second kappa shape index (κ2) is 5.44. The number of pyridine rings is 1. The molecule has 0 aliphatic carbocycles. The van der Waals surface area contributed by atoms with Crippen molar-refractivity contribution >= 4 is 11.4 Å². The van der Waals surface area contributed by atoms with Gasteiger partial charge in [0.1, 0.15) is 0 Å². The summed E-state index contributed by atoms with van der Waals surface area (Å²) in [6.07, 6.45) is 3.37. The molecule has 0 aliphatic heterocycles. The lowest BCUT2D eigenvalue weighted by Crippen LogP contribution is -2.21. The maximum atomic E-state index is 5.60. The van der Waals surface area contributed by atoms with E-state index in [-0.39, 0.29) is 6.04 Å². The van der Waals surface area contributed by atoms with Crippen molar-refractivity contribution in [3.63, 3.8) is 0 Å². The van der Waals surface area contributed by atoms with Crippen LogP contribution in [-0.4, -0.2) is 24.2 Å². The zero-order valence-corrected chi connectivity index (χ0v) is 8.66. The van der Waals surface area contributed by atoms with Crippen molar-refractivity contribution in [3.05, 3.63) is 18.5 Å².